The van der Waals surface area contributed by atoms with Crippen molar-refractivity contribution in [2.24, 2.45) is 5.92 Å². The van der Waals surface area contributed by atoms with Crippen LogP contribution in [-0.2, 0) is 20.6 Å². The quantitative estimate of drug-likeness (QED) is 0.264. The lowest BCUT2D eigenvalue weighted by Gasteiger charge is -2.29. The number of fused-ring (bicyclic) bond motifs is 2. The van der Waals surface area contributed by atoms with Gasteiger partial charge in [0.15, 0.2) is 6.61 Å². The number of aromatic nitrogens is 1. The minimum Gasteiger partial charge on any atom is -0.497 e. The summed E-state index contributed by atoms with van der Waals surface area (Å²) in [5.74, 6) is -2.15. The minimum atomic E-state index is -4.64. The number of carbonyl (C=O) groups excluding carboxylic acids is 3. The van der Waals surface area contributed by atoms with Gasteiger partial charge in [-0.05, 0) is 54.1 Å². The molecule has 9 nitrogen and oxygen atoms in total. The topological polar surface area (TPSA) is 118 Å². The molecule has 6 rings (SSSR count). The number of rotatable bonds is 7. The van der Waals surface area contributed by atoms with Crippen molar-refractivity contribution in [1.29, 1.82) is 0 Å². The number of amides is 3. The average molecular weight is 642 g/mol. The first-order valence-electron chi connectivity index (χ1n) is 13.2. The molecular formula is C30H22F3N3O6S2. The van der Waals surface area contributed by atoms with E-state index in [1.165, 1.54) is 19.2 Å². The molecule has 0 spiro atoms. The highest BCUT2D eigenvalue weighted by Gasteiger charge is 2.56. The number of hydrogen-bond acceptors (Lipinski definition) is 8. The fraction of sp³-hybridized carbons (Fsp3) is 0.200. The number of imide groups is 1. The molecule has 2 aliphatic heterocycles. The van der Waals surface area contributed by atoms with Gasteiger partial charge in [0, 0.05) is 10.8 Å². The Hall–Kier alpha value is -4.56. The van der Waals surface area contributed by atoms with E-state index in [2.05, 4.69) is 10.3 Å². The molecule has 0 radical (unpaired) electrons. The molecule has 3 amide bonds. The summed E-state index contributed by atoms with van der Waals surface area (Å²) in [7, 11) is 1.51. The molecule has 1 fully saturated rings. The van der Waals surface area contributed by atoms with E-state index in [0.717, 1.165) is 40.1 Å². The van der Waals surface area contributed by atoms with E-state index >= 15 is 0 Å². The third-order valence-electron chi connectivity index (χ3n) is 7.27. The third-order valence-corrected chi connectivity index (χ3v) is 9.67. The number of thioether (sulfide) groups is 1. The number of anilines is 2. The number of thiazole rings is 1. The number of carbonyl (C=O) groups is 3. The first kappa shape index (κ1) is 29.5. The van der Waals surface area contributed by atoms with Gasteiger partial charge in [-0.15, -0.1) is 0 Å². The number of halogens is 3. The van der Waals surface area contributed by atoms with Gasteiger partial charge in [-0.25, -0.2) is 4.90 Å². The molecule has 0 bridgehead atoms. The molecule has 3 aromatic carbocycles. The molecule has 2 N–H and O–H groups in total. The van der Waals surface area contributed by atoms with Gasteiger partial charge in [-0.1, -0.05) is 47.4 Å². The van der Waals surface area contributed by atoms with Crippen LogP contribution in [0.15, 0.2) is 82.6 Å². The van der Waals surface area contributed by atoms with Crippen LogP contribution in [0.25, 0.3) is 0 Å². The van der Waals surface area contributed by atoms with Crippen LogP contribution >= 0.6 is 23.1 Å². The average Bonchev–Trinajstić information content (AvgIpc) is 3.50. The first-order chi connectivity index (χ1) is 21.0. The monoisotopic (exact) mass is 641 g/mol. The highest BCUT2D eigenvalue weighted by molar-refractivity contribution is 8.00. The van der Waals surface area contributed by atoms with Crippen LogP contribution in [0.2, 0.25) is 0 Å². The van der Waals surface area contributed by atoms with E-state index < -0.39 is 53.2 Å². The Morgan fingerprint density at radius 3 is 2.32 bits per heavy atom. The lowest BCUT2D eigenvalue weighted by Crippen LogP contribution is -2.32. The van der Waals surface area contributed by atoms with Crippen LogP contribution in [0.5, 0.6) is 11.5 Å². The van der Waals surface area contributed by atoms with Crippen molar-refractivity contribution in [1.82, 2.24) is 4.98 Å². The summed E-state index contributed by atoms with van der Waals surface area (Å²) < 4.78 is 50.4. The molecule has 0 aliphatic carbocycles. The van der Waals surface area contributed by atoms with Crippen molar-refractivity contribution in [3.8, 4) is 11.5 Å². The maximum atomic E-state index is 13.8. The SMILES string of the molecule is COc1ccc(N2C(=O)C3Sc4[nH]c(=O)sc4[C@H](c4ccc(OCC(=O)Nc5ccccc5C(F)(F)F)cc4)C3C2=O)cc1. The standard InChI is InChI=1S/C30H22F3N3O6S2/c1-41-17-12-8-16(9-13-17)36-27(38)23-22(24-26(35-29(40)44-24)43-25(23)28(36)39)15-6-10-18(11-7-15)42-14-21(37)34-20-5-3-2-4-19(20)30(31,32)33/h2-13,22-23,25H,14H2,1H3,(H,34,37)(H,35,40)/t22-,23?,25?/m1/s1. The van der Waals surface area contributed by atoms with Crippen molar-refractivity contribution in [3.05, 3.63) is 98.5 Å². The molecular weight excluding hydrogens is 619 g/mol. The van der Waals surface area contributed by atoms with Gasteiger partial charge in [0.2, 0.25) is 11.8 Å². The second-order valence-electron chi connectivity index (χ2n) is 9.91. The van der Waals surface area contributed by atoms with Gasteiger partial charge in [0.25, 0.3) is 5.91 Å². The third kappa shape index (κ3) is 5.46. The summed E-state index contributed by atoms with van der Waals surface area (Å²) in [5, 5.41) is 1.98. The second kappa shape index (κ2) is 11.5. The summed E-state index contributed by atoms with van der Waals surface area (Å²) in [6.07, 6.45) is -4.64. The van der Waals surface area contributed by atoms with E-state index in [-0.39, 0.29) is 16.3 Å². The van der Waals surface area contributed by atoms with E-state index in [1.54, 1.807) is 48.5 Å². The molecule has 3 atom stereocenters. The summed E-state index contributed by atoms with van der Waals surface area (Å²) in [6, 6.07) is 17.7. The molecule has 1 aromatic heterocycles. The van der Waals surface area contributed by atoms with Crippen LogP contribution < -0.4 is 24.6 Å². The van der Waals surface area contributed by atoms with E-state index in [9.17, 15) is 32.3 Å². The highest BCUT2D eigenvalue weighted by atomic mass is 32.2. The van der Waals surface area contributed by atoms with Gasteiger partial charge in [-0.2, -0.15) is 13.2 Å². The largest absolute Gasteiger partial charge is 0.497 e. The Labute approximate surface area is 256 Å². The number of nitrogens with zero attached hydrogens (tertiary/aromatic N) is 1. The number of ether oxygens (including phenoxy) is 2. The van der Waals surface area contributed by atoms with Crippen molar-refractivity contribution in [3.63, 3.8) is 0 Å². The number of alkyl halides is 3. The molecule has 2 aliphatic rings. The molecule has 0 saturated carbocycles. The Balaban J connectivity index is 1.22. The van der Waals surface area contributed by atoms with Crippen molar-refractivity contribution in [2.75, 3.05) is 23.9 Å². The van der Waals surface area contributed by atoms with Crippen molar-refractivity contribution in [2.45, 2.75) is 22.4 Å². The Morgan fingerprint density at radius 1 is 0.955 bits per heavy atom. The van der Waals surface area contributed by atoms with E-state index in [0.29, 0.717) is 26.9 Å². The number of H-pyrrole nitrogens is 1. The van der Waals surface area contributed by atoms with E-state index in [4.69, 9.17) is 9.47 Å². The fourth-order valence-electron chi connectivity index (χ4n) is 5.31. The Morgan fingerprint density at radius 2 is 1.64 bits per heavy atom. The molecule has 2 unspecified atom stereocenters. The minimum absolute atomic E-state index is 0.255. The van der Waals surface area contributed by atoms with Crippen molar-refractivity contribution < 1.29 is 37.0 Å². The maximum Gasteiger partial charge on any atom is 0.418 e. The Kier molecular flexibility index (Phi) is 7.72. The molecule has 4 aromatic rings. The predicted octanol–water partition coefficient (Wildman–Crippen LogP) is 5.28. The summed E-state index contributed by atoms with van der Waals surface area (Å²) in [4.78, 5) is 56.3. The molecule has 44 heavy (non-hydrogen) atoms. The zero-order valence-electron chi connectivity index (χ0n) is 22.7. The normalized spacial score (nSPS) is 19.4. The number of methoxy groups -OCH3 is 1. The number of hydrogen-bond donors (Lipinski definition) is 2. The lowest BCUT2D eigenvalue weighted by molar-refractivity contribution is -0.137. The first-order valence-corrected chi connectivity index (χ1v) is 14.8. The second-order valence-corrected chi connectivity index (χ2v) is 12.1. The van der Waals surface area contributed by atoms with Crippen molar-refractivity contribution >= 4 is 52.2 Å². The molecule has 3 heterocycles. The zero-order chi connectivity index (χ0) is 31.2. The summed E-state index contributed by atoms with van der Waals surface area (Å²) >= 11 is 2.14. The van der Waals surface area contributed by atoms with Gasteiger partial charge in [0.1, 0.15) is 16.7 Å². The van der Waals surface area contributed by atoms with Crippen LogP contribution in [0.4, 0.5) is 24.5 Å². The number of aromatic amines is 1. The summed E-state index contributed by atoms with van der Waals surface area (Å²) in [5.41, 5.74) is -0.301. The van der Waals surface area contributed by atoms with Gasteiger partial charge >= 0.3 is 11.0 Å². The van der Waals surface area contributed by atoms with Gasteiger partial charge in [0.05, 0.1) is 35.0 Å². The number of nitrogens with one attached hydrogen (secondary N) is 2. The number of benzene rings is 3. The van der Waals surface area contributed by atoms with E-state index in [1.807, 2.05) is 0 Å². The van der Waals surface area contributed by atoms with Crippen LogP contribution in [0.3, 0.4) is 0 Å². The lowest BCUT2D eigenvalue weighted by atomic mass is 9.83. The zero-order valence-corrected chi connectivity index (χ0v) is 24.3. The van der Waals surface area contributed by atoms with Gasteiger partial charge < -0.3 is 19.8 Å². The molecule has 1 saturated heterocycles. The molecule has 226 valence electrons. The smallest absolute Gasteiger partial charge is 0.418 e. The predicted molar refractivity (Wildman–Crippen MR) is 157 cm³/mol. The van der Waals surface area contributed by atoms with Crippen LogP contribution in [0, 0.1) is 5.92 Å². The fourth-order valence-corrected chi connectivity index (χ4v) is 7.82. The number of para-hydroxylation sites is 1. The van der Waals surface area contributed by atoms with Gasteiger partial charge in [-0.3, -0.25) is 19.2 Å². The maximum absolute atomic E-state index is 13.8. The summed E-state index contributed by atoms with van der Waals surface area (Å²) in [6.45, 7) is -0.552. The van der Waals surface area contributed by atoms with Crippen LogP contribution in [-0.4, -0.2) is 41.7 Å². The Bertz CT molecular complexity index is 1800. The van der Waals surface area contributed by atoms with Crippen LogP contribution in [0.1, 0.15) is 21.9 Å². The molecule has 14 heteroatoms. The highest BCUT2D eigenvalue weighted by Crippen LogP contribution is 2.53.